The predicted octanol–water partition coefficient (Wildman–Crippen LogP) is 1.63. The molecule has 27 heavy (non-hydrogen) atoms. The zero-order valence-corrected chi connectivity index (χ0v) is 16.2. The number of rotatable bonds is 4. The smallest absolute Gasteiger partial charge is 0.317 e. The normalized spacial score (nSPS) is 25.5. The first kappa shape index (κ1) is 19.3. The van der Waals surface area contributed by atoms with Gasteiger partial charge in [0.1, 0.15) is 0 Å². The molecule has 0 radical (unpaired) electrons. The van der Waals surface area contributed by atoms with Crippen LogP contribution in [0.15, 0.2) is 18.2 Å². The molecule has 3 atom stereocenters. The molecular formula is C19H27N3O5. The van der Waals surface area contributed by atoms with Crippen LogP contribution >= 0.6 is 0 Å². The van der Waals surface area contributed by atoms with E-state index in [1.165, 1.54) is 0 Å². The number of amides is 3. The lowest BCUT2D eigenvalue weighted by Gasteiger charge is -2.35. The van der Waals surface area contributed by atoms with Crippen LogP contribution in [0, 0.1) is 0 Å². The van der Waals surface area contributed by atoms with Crippen molar-refractivity contribution in [2.45, 2.75) is 38.5 Å². The van der Waals surface area contributed by atoms with Gasteiger partial charge in [-0.25, -0.2) is 4.79 Å². The maximum atomic E-state index is 12.6. The molecule has 148 valence electrons. The summed E-state index contributed by atoms with van der Waals surface area (Å²) in [6, 6.07) is 4.97. The number of methoxy groups -OCH3 is 2. The molecule has 0 unspecified atom stereocenters. The average Bonchev–Trinajstić information content (AvgIpc) is 3.00. The van der Waals surface area contributed by atoms with Crippen molar-refractivity contribution in [2.24, 2.45) is 0 Å². The number of nitrogens with one attached hydrogen (secondary N) is 1. The molecule has 8 heteroatoms. The highest BCUT2D eigenvalue weighted by atomic mass is 16.5. The van der Waals surface area contributed by atoms with Gasteiger partial charge in [0.15, 0.2) is 11.5 Å². The molecule has 2 heterocycles. The molecule has 2 saturated heterocycles. The monoisotopic (exact) mass is 377 g/mol. The fourth-order valence-corrected chi connectivity index (χ4v) is 3.66. The van der Waals surface area contributed by atoms with E-state index in [4.69, 9.17) is 14.2 Å². The molecule has 2 aliphatic heterocycles. The number of morpholine rings is 1. The van der Waals surface area contributed by atoms with Gasteiger partial charge in [-0.15, -0.1) is 0 Å². The summed E-state index contributed by atoms with van der Waals surface area (Å²) < 4.78 is 16.2. The zero-order chi connectivity index (χ0) is 19.6. The highest BCUT2D eigenvalue weighted by Crippen LogP contribution is 2.33. The highest BCUT2D eigenvalue weighted by molar-refractivity contribution is 5.97. The van der Waals surface area contributed by atoms with Gasteiger partial charge in [-0.2, -0.15) is 0 Å². The molecule has 8 nitrogen and oxygen atoms in total. The molecule has 1 aromatic rings. The Morgan fingerprint density at radius 2 is 1.78 bits per heavy atom. The summed E-state index contributed by atoms with van der Waals surface area (Å²) in [5, 5.41) is 2.98. The van der Waals surface area contributed by atoms with Crippen molar-refractivity contribution in [3.05, 3.63) is 18.2 Å². The van der Waals surface area contributed by atoms with E-state index in [9.17, 15) is 9.59 Å². The Bertz CT molecular complexity index is 701. The first-order valence-corrected chi connectivity index (χ1v) is 9.14. The van der Waals surface area contributed by atoms with Gasteiger partial charge in [-0.1, -0.05) is 0 Å². The van der Waals surface area contributed by atoms with Crippen molar-refractivity contribution in [3.8, 4) is 11.5 Å². The fourth-order valence-electron chi connectivity index (χ4n) is 3.66. The van der Waals surface area contributed by atoms with E-state index in [1.807, 2.05) is 19.9 Å². The molecule has 3 amide bonds. The highest BCUT2D eigenvalue weighted by Gasteiger charge is 2.34. The molecule has 0 saturated carbocycles. The van der Waals surface area contributed by atoms with Crippen LogP contribution in [-0.4, -0.2) is 68.9 Å². The fraction of sp³-hybridized carbons (Fsp3) is 0.579. The second-order valence-electron chi connectivity index (χ2n) is 7.06. The summed E-state index contributed by atoms with van der Waals surface area (Å²) in [4.78, 5) is 28.5. The van der Waals surface area contributed by atoms with Gasteiger partial charge in [0.2, 0.25) is 5.91 Å². The summed E-state index contributed by atoms with van der Waals surface area (Å²) in [7, 11) is 3.12. The Balaban J connectivity index is 1.64. The second kappa shape index (κ2) is 8.04. The van der Waals surface area contributed by atoms with E-state index in [-0.39, 0.29) is 36.6 Å². The Labute approximate surface area is 159 Å². The van der Waals surface area contributed by atoms with Gasteiger partial charge in [-0.3, -0.25) is 4.79 Å². The number of nitrogens with zero attached hydrogens (tertiary/aromatic N) is 2. The summed E-state index contributed by atoms with van der Waals surface area (Å²) in [5.41, 5.74) is 0.725. The van der Waals surface area contributed by atoms with Crippen molar-refractivity contribution in [1.82, 2.24) is 10.2 Å². The van der Waals surface area contributed by atoms with Gasteiger partial charge < -0.3 is 29.3 Å². The molecule has 3 rings (SSSR count). The number of anilines is 1. The minimum absolute atomic E-state index is 0.00738. The molecule has 0 aliphatic carbocycles. The summed E-state index contributed by atoms with van der Waals surface area (Å²) in [5.74, 6) is 1.14. The number of ether oxygens (including phenoxy) is 3. The van der Waals surface area contributed by atoms with Crippen molar-refractivity contribution >= 4 is 17.6 Å². The molecule has 0 bridgehead atoms. The van der Waals surface area contributed by atoms with Gasteiger partial charge >= 0.3 is 6.03 Å². The van der Waals surface area contributed by atoms with Crippen molar-refractivity contribution in [2.75, 3.05) is 38.8 Å². The van der Waals surface area contributed by atoms with E-state index in [0.717, 1.165) is 5.69 Å². The summed E-state index contributed by atoms with van der Waals surface area (Å²) in [6.45, 7) is 5.43. The van der Waals surface area contributed by atoms with Crippen molar-refractivity contribution < 1.29 is 23.8 Å². The van der Waals surface area contributed by atoms with Crippen LogP contribution < -0.4 is 19.7 Å². The van der Waals surface area contributed by atoms with E-state index in [1.54, 1.807) is 36.2 Å². The standard InChI is InChI=1S/C19H27N3O5/c1-12-9-21(10-13(2)27-12)19(24)20-14-7-18(23)22(11-14)15-5-6-16(25-3)17(8-15)26-4/h5-6,8,12-14H,7,9-11H2,1-4H3,(H,20,24)/t12-,13-,14+/m0/s1. The topological polar surface area (TPSA) is 80.3 Å². The summed E-state index contributed by atoms with van der Waals surface area (Å²) >= 11 is 0. The van der Waals surface area contributed by atoms with E-state index >= 15 is 0 Å². The lowest BCUT2D eigenvalue weighted by atomic mass is 10.2. The van der Waals surface area contributed by atoms with Crippen molar-refractivity contribution in [3.63, 3.8) is 0 Å². The number of urea groups is 1. The predicted molar refractivity (Wildman–Crippen MR) is 100 cm³/mol. The first-order chi connectivity index (χ1) is 12.9. The zero-order valence-electron chi connectivity index (χ0n) is 16.2. The second-order valence-corrected chi connectivity index (χ2v) is 7.06. The lowest BCUT2D eigenvalue weighted by molar-refractivity contribution is -0.117. The number of carbonyl (C=O) groups is 2. The van der Waals surface area contributed by atoms with Gasteiger partial charge in [-0.05, 0) is 26.0 Å². The minimum atomic E-state index is -0.230. The van der Waals surface area contributed by atoms with E-state index in [2.05, 4.69) is 5.32 Å². The van der Waals surface area contributed by atoms with Gasteiger partial charge in [0.05, 0.1) is 32.5 Å². The maximum Gasteiger partial charge on any atom is 0.317 e. The van der Waals surface area contributed by atoms with Crippen LogP contribution in [-0.2, 0) is 9.53 Å². The number of benzene rings is 1. The van der Waals surface area contributed by atoms with E-state index in [0.29, 0.717) is 31.1 Å². The maximum absolute atomic E-state index is 12.6. The molecular weight excluding hydrogens is 350 g/mol. The number of hydrogen-bond acceptors (Lipinski definition) is 5. The first-order valence-electron chi connectivity index (χ1n) is 9.14. The Morgan fingerprint density at radius 1 is 1.11 bits per heavy atom. The molecule has 1 N–H and O–H groups in total. The molecule has 0 aromatic heterocycles. The number of hydrogen-bond donors (Lipinski definition) is 1. The average molecular weight is 377 g/mol. The quantitative estimate of drug-likeness (QED) is 0.863. The third-order valence-corrected chi connectivity index (χ3v) is 4.84. The van der Waals surface area contributed by atoms with Gasteiger partial charge in [0.25, 0.3) is 0 Å². The third kappa shape index (κ3) is 4.27. The Kier molecular flexibility index (Phi) is 5.74. The third-order valence-electron chi connectivity index (χ3n) is 4.84. The molecule has 2 aliphatic rings. The SMILES string of the molecule is COc1ccc(N2C[C@H](NC(=O)N3C[C@H](C)O[C@@H](C)C3)CC2=O)cc1OC. The molecule has 0 spiro atoms. The van der Waals surface area contributed by atoms with Crippen LogP contribution in [0.1, 0.15) is 20.3 Å². The summed E-state index contributed by atoms with van der Waals surface area (Å²) in [6.07, 6.45) is 0.288. The largest absolute Gasteiger partial charge is 0.493 e. The van der Waals surface area contributed by atoms with Crippen LogP contribution in [0.5, 0.6) is 11.5 Å². The van der Waals surface area contributed by atoms with Gasteiger partial charge in [0, 0.05) is 37.8 Å². The Hall–Kier alpha value is -2.48. The van der Waals surface area contributed by atoms with Crippen LogP contribution in [0.2, 0.25) is 0 Å². The van der Waals surface area contributed by atoms with Crippen molar-refractivity contribution in [1.29, 1.82) is 0 Å². The lowest BCUT2D eigenvalue weighted by Crippen LogP contribution is -2.53. The van der Waals surface area contributed by atoms with Crippen LogP contribution in [0.3, 0.4) is 0 Å². The Morgan fingerprint density at radius 3 is 2.41 bits per heavy atom. The van der Waals surface area contributed by atoms with Crippen LogP contribution in [0.4, 0.5) is 10.5 Å². The minimum Gasteiger partial charge on any atom is -0.493 e. The molecule has 2 fully saturated rings. The van der Waals surface area contributed by atoms with Crippen LogP contribution in [0.25, 0.3) is 0 Å². The number of carbonyl (C=O) groups excluding carboxylic acids is 2. The van der Waals surface area contributed by atoms with E-state index < -0.39 is 0 Å². The molecule has 1 aromatic carbocycles.